The molecule has 352 valence electrons. The summed E-state index contributed by atoms with van der Waals surface area (Å²) < 4.78 is 0. The minimum Gasteiger partial charge on any atom is -0.394 e. The third kappa shape index (κ3) is 44.9. The minimum atomic E-state index is -1.09. The Kier molecular flexibility index (Phi) is 49.0. The number of hydrogen-bond acceptors (Lipinski definition) is 4. The molecule has 0 aromatic heterocycles. The Bertz CT molecular complexity index is 833. The number of unbranched alkanes of at least 4 members (excludes halogenated alkanes) is 42. The Morgan fingerprint density at radius 1 is 0.407 bits per heavy atom. The number of allylic oxidation sites excluding steroid dienone is 1. The van der Waals surface area contributed by atoms with Crippen LogP contribution in [0.15, 0.2) is 12.2 Å². The van der Waals surface area contributed by atoms with E-state index in [4.69, 9.17) is 0 Å². The number of carbonyl (C=O) groups is 1. The maximum atomic E-state index is 12.5. The molecule has 5 nitrogen and oxygen atoms in total. The Balaban J connectivity index is 3.56. The molecule has 0 aliphatic carbocycles. The van der Waals surface area contributed by atoms with Crippen LogP contribution in [0.25, 0.3) is 0 Å². The van der Waals surface area contributed by atoms with E-state index in [9.17, 15) is 20.1 Å². The summed E-state index contributed by atoms with van der Waals surface area (Å²) in [5, 5.41) is 33.3. The molecule has 3 atom stereocenters. The van der Waals surface area contributed by atoms with E-state index < -0.39 is 24.2 Å². The molecule has 0 radical (unpaired) electrons. The van der Waals surface area contributed by atoms with Crippen LogP contribution in [-0.4, -0.2) is 46.1 Å². The molecule has 0 saturated heterocycles. The third-order valence-electron chi connectivity index (χ3n) is 12.9. The van der Waals surface area contributed by atoms with Gasteiger partial charge in [-0.25, -0.2) is 0 Å². The lowest BCUT2D eigenvalue weighted by Gasteiger charge is -2.21. The molecule has 0 bridgehead atoms. The molecule has 0 spiro atoms. The Labute approximate surface area is 369 Å². The summed E-state index contributed by atoms with van der Waals surface area (Å²) in [5.41, 5.74) is 0. The van der Waals surface area contributed by atoms with E-state index in [1.165, 1.54) is 250 Å². The molecule has 5 heteroatoms. The van der Waals surface area contributed by atoms with Crippen LogP contribution in [0.3, 0.4) is 0 Å². The van der Waals surface area contributed by atoms with Crippen molar-refractivity contribution in [2.75, 3.05) is 6.61 Å². The Hall–Kier alpha value is -0.910. The summed E-state index contributed by atoms with van der Waals surface area (Å²) in [6, 6.07) is -0.794. The molecule has 0 rings (SSSR count). The third-order valence-corrected chi connectivity index (χ3v) is 12.9. The maximum Gasteiger partial charge on any atom is 0.249 e. The van der Waals surface area contributed by atoms with Gasteiger partial charge in [0.1, 0.15) is 6.10 Å². The van der Waals surface area contributed by atoms with Crippen molar-refractivity contribution in [3.8, 4) is 0 Å². The molecular formula is C54H107NO4. The molecule has 0 aliphatic rings. The van der Waals surface area contributed by atoms with E-state index >= 15 is 0 Å². The van der Waals surface area contributed by atoms with Gasteiger partial charge >= 0.3 is 0 Å². The second-order valence-electron chi connectivity index (χ2n) is 18.8. The summed E-state index contributed by atoms with van der Waals surface area (Å²) >= 11 is 0. The number of hydrogen-bond donors (Lipinski definition) is 4. The number of carbonyl (C=O) groups excluding carboxylic acids is 1. The van der Waals surface area contributed by atoms with Crippen LogP contribution in [0.4, 0.5) is 0 Å². The first-order chi connectivity index (χ1) is 29.1. The van der Waals surface area contributed by atoms with Gasteiger partial charge < -0.3 is 20.6 Å². The molecule has 0 aliphatic heterocycles. The lowest BCUT2D eigenvalue weighted by atomic mass is 10.0. The summed E-state index contributed by atoms with van der Waals surface area (Å²) in [6.45, 7) is 4.22. The van der Waals surface area contributed by atoms with Crippen molar-refractivity contribution >= 4 is 5.91 Å². The zero-order valence-corrected chi connectivity index (χ0v) is 40.2. The number of nitrogens with one attached hydrogen (secondary N) is 1. The van der Waals surface area contributed by atoms with E-state index in [2.05, 4.69) is 19.2 Å². The van der Waals surface area contributed by atoms with Crippen molar-refractivity contribution in [3.63, 3.8) is 0 Å². The van der Waals surface area contributed by atoms with Gasteiger partial charge in [-0.2, -0.15) is 0 Å². The molecule has 0 aromatic carbocycles. The average molecular weight is 834 g/mol. The fourth-order valence-corrected chi connectivity index (χ4v) is 8.66. The van der Waals surface area contributed by atoms with Crippen molar-refractivity contribution in [1.82, 2.24) is 5.32 Å². The molecular weight excluding hydrogens is 727 g/mol. The summed E-state index contributed by atoms with van der Waals surface area (Å²) in [5.74, 6) is -0.496. The lowest BCUT2D eigenvalue weighted by Crippen LogP contribution is -2.48. The van der Waals surface area contributed by atoms with E-state index in [-0.39, 0.29) is 6.61 Å². The van der Waals surface area contributed by atoms with Crippen LogP contribution >= 0.6 is 0 Å². The second-order valence-corrected chi connectivity index (χ2v) is 18.8. The Morgan fingerprint density at radius 2 is 0.661 bits per heavy atom. The van der Waals surface area contributed by atoms with Crippen LogP contribution in [0, 0.1) is 0 Å². The predicted molar refractivity (Wildman–Crippen MR) is 259 cm³/mol. The van der Waals surface area contributed by atoms with E-state index in [1.54, 1.807) is 6.08 Å². The first-order valence-corrected chi connectivity index (χ1v) is 27.0. The first kappa shape index (κ1) is 58.1. The number of rotatable bonds is 50. The standard InChI is InChI=1S/C54H107NO4/c1-3-5-7-9-11-13-15-17-19-21-23-25-27-29-30-32-34-36-38-40-42-44-46-48-52(57)51(50-56)55-54(59)53(58)49-47-45-43-41-39-37-35-33-31-28-26-24-22-20-18-16-14-12-10-8-6-4-2/h46,48,51-53,56-58H,3-45,47,49-50H2,1-2H3,(H,55,59)/b48-46+. The zero-order chi connectivity index (χ0) is 43.0. The number of aliphatic hydroxyl groups excluding tert-OH is 3. The summed E-state index contributed by atoms with van der Waals surface area (Å²) in [7, 11) is 0. The van der Waals surface area contributed by atoms with Gasteiger partial charge in [-0.1, -0.05) is 296 Å². The van der Waals surface area contributed by atoms with Gasteiger partial charge in [0.15, 0.2) is 0 Å². The smallest absolute Gasteiger partial charge is 0.249 e. The molecule has 1 amide bonds. The highest BCUT2D eigenvalue weighted by molar-refractivity contribution is 5.80. The zero-order valence-electron chi connectivity index (χ0n) is 40.2. The van der Waals surface area contributed by atoms with Crippen LogP contribution < -0.4 is 5.32 Å². The molecule has 0 saturated carbocycles. The van der Waals surface area contributed by atoms with E-state index in [0.717, 1.165) is 32.1 Å². The van der Waals surface area contributed by atoms with Crippen LogP contribution in [-0.2, 0) is 4.79 Å². The average Bonchev–Trinajstić information content (AvgIpc) is 3.24. The lowest BCUT2D eigenvalue weighted by molar-refractivity contribution is -0.131. The topological polar surface area (TPSA) is 89.8 Å². The van der Waals surface area contributed by atoms with E-state index in [0.29, 0.717) is 6.42 Å². The summed E-state index contributed by atoms with van der Waals surface area (Å²) in [4.78, 5) is 12.5. The van der Waals surface area contributed by atoms with Gasteiger partial charge in [0.2, 0.25) is 5.91 Å². The molecule has 59 heavy (non-hydrogen) atoms. The van der Waals surface area contributed by atoms with E-state index in [1.807, 2.05) is 6.08 Å². The highest BCUT2D eigenvalue weighted by Gasteiger charge is 2.22. The SMILES string of the molecule is CCCCCCCCCCCCCCCCCCCCCCC/C=C/C(O)C(CO)NC(=O)C(O)CCCCCCCCCCCCCCCCCCCCCCCC. The van der Waals surface area contributed by atoms with Crippen molar-refractivity contribution in [2.24, 2.45) is 0 Å². The minimum absolute atomic E-state index is 0.358. The van der Waals surface area contributed by atoms with Gasteiger partial charge in [0.25, 0.3) is 0 Å². The maximum absolute atomic E-state index is 12.5. The van der Waals surface area contributed by atoms with Crippen molar-refractivity contribution in [2.45, 2.75) is 321 Å². The van der Waals surface area contributed by atoms with Crippen molar-refractivity contribution < 1.29 is 20.1 Å². The normalized spacial score (nSPS) is 13.4. The fourth-order valence-electron chi connectivity index (χ4n) is 8.66. The highest BCUT2D eigenvalue weighted by Crippen LogP contribution is 2.18. The van der Waals surface area contributed by atoms with Gasteiger partial charge in [-0.3, -0.25) is 4.79 Å². The first-order valence-electron chi connectivity index (χ1n) is 27.0. The number of aliphatic hydroxyl groups is 3. The van der Waals surface area contributed by atoms with Crippen molar-refractivity contribution in [3.05, 3.63) is 12.2 Å². The highest BCUT2D eigenvalue weighted by atomic mass is 16.3. The molecule has 3 unspecified atom stereocenters. The summed E-state index contributed by atoms with van der Waals surface area (Å²) in [6.07, 6.45) is 61.3. The molecule has 0 fully saturated rings. The largest absolute Gasteiger partial charge is 0.394 e. The van der Waals surface area contributed by atoms with Crippen LogP contribution in [0.2, 0.25) is 0 Å². The van der Waals surface area contributed by atoms with Crippen LogP contribution in [0.1, 0.15) is 303 Å². The second kappa shape index (κ2) is 49.7. The molecule has 4 N–H and O–H groups in total. The van der Waals surface area contributed by atoms with Gasteiger partial charge in [-0.05, 0) is 19.3 Å². The van der Waals surface area contributed by atoms with Gasteiger partial charge in [0.05, 0.1) is 18.8 Å². The molecule has 0 heterocycles. The fraction of sp³-hybridized carbons (Fsp3) is 0.944. The predicted octanol–water partition coefficient (Wildman–Crippen LogP) is 16.3. The quantitative estimate of drug-likeness (QED) is 0.0363. The van der Waals surface area contributed by atoms with Crippen LogP contribution in [0.5, 0.6) is 0 Å². The monoisotopic (exact) mass is 834 g/mol. The van der Waals surface area contributed by atoms with Crippen molar-refractivity contribution in [1.29, 1.82) is 0 Å². The Morgan fingerprint density at radius 3 is 0.932 bits per heavy atom. The van der Waals surface area contributed by atoms with Gasteiger partial charge in [0, 0.05) is 0 Å². The molecule has 0 aromatic rings. The van der Waals surface area contributed by atoms with Gasteiger partial charge in [-0.15, -0.1) is 0 Å². The number of amides is 1.